The number of ether oxygens (including phenoxy) is 1. The zero-order chi connectivity index (χ0) is 19.8. The number of hydrogen-bond acceptors (Lipinski definition) is 5. The van der Waals surface area contributed by atoms with Gasteiger partial charge in [-0.3, -0.25) is 14.9 Å². The molecule has 0 aromatic heterocycles. The minimum atomic E-state index is -0.428. The number of methoxy groups -OCH3 is 1. The van der Waals surface area contributed by atoms with Gasteiger partial charge in [-0.25, -0.2) is 0 Å². The average Bonchev–Trinajstić information content (AvgIpc) is 2.70. The lowest BCUT2D eigenvalue weighted by atomic mass is 10.1. The number of rotatable bonds is 9. The number of anilines is 1. The fourth-order valence-electron chi connectivity index (χ4n) is 2.67. The van der Waals surface area contributed by atoms with Crippen LogP contribution in [0.15, 0.2) is 48.5 Å². The molecule has 27 heavy (non-hydrogen) atoms. The van der Waals surface area contributed by atoms with Gasteiger partial charge in [0.1, 0.15) is 5.75 Å². The molecule has 2 aromatic carbocycles. The number of non-ortho nitro benzene ring substituents is 1. The van der Waals surface area contributed by atoms with E-state index in [2.05, 4.69) is 5.32 Å². The molecule has 1 unspecified atom stereocenters. The van der Waals surface area contributed by atoms with Gasteiger partial charge in [-0.05, 0) is 43.2 Å². The zero-order valence-corrected chi connectivity index (χ0v) is 15.8. The van der Waals surface area contributed by atoms with Crippen LogP contribution < -0.4 is 10.1 Å². The van der Waals surface area contributed by atoms with E-state index >= 15 is 0 Å². The van der Waals surface area contributed by atoms with Crippen molar-refractivity contribution in [1.82, 2.24) is 4.90 Å². The molecule has 0 aliphatic heterocycles. The van der Waals surface area contributed by atoms with Crippen LogP contribution in [-0.4, -0.2) is 36.4 Å². The van der Waals surface area contributed by atoms with Crippen LogP contribution in [0, 0.1) is 10.1 Å². The highest BCUT2D eigenvalue weighted by atomic mass is 16.6. The van der Waals surface area contributed by atoms with Crippen LogP contribution >= 0.6 is 0 Å². The quantitative estimate of drug-likeness (QED) is 0.409. The number of hydrogen-bond donors (Lipinski definition) is 1. The number of nitro groups is 1. The second-order valence-corrected chi connectivity index (χ2v) is 6.29. The third-order valence-electron chi connectivity index (χ3n) is 4.55. The maximum absolute atomic E-state index is 12.4. The molecule has 7 heteroatoms. The maximum atomic E-state index is 12.4. The Labute approximate surface area is 159 Å². The molecule has 0 heterocycles. The van der Waals surface area contributed by atoms with Crippen molar-refractivity contribution >= 4 is 17.3 Å². The fourth-order valence-corrected chi connectivity index (χ4v) is 2.67. The van der Waals surface area contributed by atoms with Crippen molar-refractivity contribution in [1.29, 1.82) is 0 Å². The van der Waals surface area contributed by atoms with E-state index in [9.17, 15) is 14.9 Å². The number of nitrogens with zero attached hydrogens (tertiary/aromatic N) is 2. The summed E-state index contributed by atoms with van der Waals surface area (Å²) in [5.41, 5.74) is 1.91. The largest absolute Gasteiger partial charge is 0.497 e. The molecule has 0 fully saturated rings. The summed E-state index contributed by atoms with van der Waals surface area (Å²) >= 11 is 0. The highest BCUT2D eigenvalue weighted by Gasteiger charge is 2.17. The second-order valence-electron chi connectivity index (χ2n) is 6.29. The molecule has 0 saturated heterocycles. The molecule has 144 valence electrons. The van der Waals surface area contributed by atoms with Crippen molar-refractivity contribution in [3.05, 3.63) is 64.2 Å². The Morgan fingerprint density at radius 1 is 1.19 bits per heavy atom. The molecule has 0 saturated carbocycles. The number of benzene rings is 2. The highest BCUT2D eigenvalue weighted by Crippen LogP contribution is 2.22. The molecule has 2 aromatic rings. The van der Waals surface area contributed by atoms with Crippen molar-refractivity contribution in [3.63, 3.8) is 0 Å². The third-order valence-corrected chi connectivity index (χ3v) is 4.55. The van der Waals surface area contributed by atoms with Crippen molar-refractivity contribution in [2.75, 3.05) is 26.0 Å². The summed E-state index contributed by atoms with van der Waals surface area (Å²) in [6.07, 6.45) is 1.10. The molecule has 0 aliphatic carbocycles. The number of carbonyl (C=O) groups excluding carboxylic acids is 1. The average molecular weight is 371 g/mol. The normalized spacial score (nSPS) is 11.5. The van der Waals surface area contributed by atoms with Crippen LogP contribution in [-0.2, 0) is 4.79 Å². The Hall–Kier alpha value is -3.09. The molecule has 1 amide bonds. The van der Waals surface area contributed by atoms with Crippen molar-refractivity contribution < 1.29 is 14.5 Å². The molecule has 1 N–H and O–H groups in total. The van der Waals surface area contributed by atoms with Crippen LogP contribution in [0.4, 0.5) is 11.4 Å². The van der Waals surface area contributed by atoms with Gasteiger partial charge < -0.3 is 15.0 Å². The minimum Gasteiger partial charge on any atom is -0.497 e. The summed E-state index contributed by atoms with van der Waals surface area (Å²) in [4.78, 5) is 24.4. The SMILES string of the molecule is COc1ccc(C(C)N(C)C(=O)CCCNc2ccc([N+](=O)[O-])cc2)cc1. The molecule has 0 aliphatic rings. The second kappa shape index (κ2) is 9.56. The molecular formula is C20H25N3O4. The number of amides is 1. The van der Waals surface area contributed by atoms with Crippen LogP contribution in [0.3, 0.4) is 0 Å². The summed E-state index contributed by atoms with van der Waals surface area (Å²) in [6, 6.07) is 13.9. The van der Waals surface area contributed by atoms with Gasteiger partial charge >= 0.3 is 0 Å². The first kappa shape index (κ1) is 20.2. The van der Waals surface area contributed by atoms with E-state index < -0.39 is 4.92 Å². The lowest BCUT2D eigenvalue weighted by molar-refractivity contribution is -0.384. The monoisotopic (exact) mass is 371 g/mol. The Kier molecular flexibility index (Phi) is 7.16. The van der Waals surface area contributed by atoms with Crippen molar-refractivity contribution in [2.45, 2.75) is 25.8 Å². The van der Waals surface area contributed by atoms with E-state index in [1.165, 1.54) is 12.1 Å². The van der Waals surface area contributed by atoms with E-state index in [0.717, 1.165) is 17.0 Å². The van der Waals surface area contributed by atoms with Crippen molar-refractivity contribution in [3.8, 4) is 5.75 Å². The summed E-state index contributed by atoms with van der Waals surface area (Å²) in [5.74, 6) is 0.862. The first-order valence-electron chi connectivity index (χ1n) is 8.80. The molecular weight excluding hydrogens is 346 g/mol. The third kappa shape index (κ3) is 5.70. The summed E-state index contributed by atoms with van der Waals surface area (Å²) in [6.45, 7) is 2.61. The summed E-state index contributed by atoms with van der Waals surface area (Å²) in [7, 11) is 3.43. The van der Waals surface area contributed by atoms with Gasteiger partial charge in [0.2, 0.25) is 5.91 Å². The molecule has 2 rings (SSSR count). The predicted octanol–water partition coefficient (Wildman–Crippen LogP) is 4.02. The van der Waals surface area contributed by atoms with Gasteiger partial charge in [-0.1, -0.05) is 12.1 Å². The van der Waals surface area contributed by atoms with E-state index in [-0.39, 0.29) is 17.6 Å². The van der Waals surface area contributed by atoms with Crippen LogP contribution in [0.25, 0.3) is 0 Å². The first-order chi connectivity index (χ1) is 12.9. The Morgan fingerprint density at radius 2 is 1.81 bits per heavy atom. The smallest absolute Gasteiger partial charge is 0.269 e. The minimum absolute atomic E-state index is 0.0222. The Bertz CT molecular complexity index is 760. The Balaban J connectivity index is 1.77. The zero-order valence-electron chi connectivity index (χ0n) is 15.8. The topological polar surface area (TPSA) is 84.7 Å². The van der Waals surface area contributed by atoms with E-state index in [0.29, 0.717) is 19.4 Å². The standard InChI is InChI=1S/C20H25N3O4/c1-15(16-6-12-19(27-3)13-7-16)22(2)20(24)5-4-14-21-17-8-10-18(11-9-17)23(25)26/h6-13,15,21H,4-5,14H2,1-3H3. The Morgan fingerprint density at radius 3 is 2.37 bits per heavy atom. The van der Waals surface area contributed by atoms with Crippen molar-refractivity contribution in [2.24, 2.45) is 0 Å². The maximum Gasteiger partial charge on any atom is 0.269 e. The predicted molar refractivity (Wildman–Crippen MR) is 105 cm³/mol. The van der Waals surface area contributed by atoms with Crippen LogP contribution in [0.5, 0.6) is 5.75 Å². The van der Waals surface area contributed by atoms with Gasteiger partial charge in [0.05, 0.1) is 18.1 Å². The van der Waals surface area contributed by atoms with Gasteiger partial charge in [0, 0.05) is 37.8 Å². The van der Waals surface area contributed by atoms with Gasteiger partial charge in [0.25, 0.3) is 5.69 Å². The molecule has 0 bridgehead atoms. The van der Waals surface area contributed by atoms with Gasteiger partial charge in [0.15, 0.2) is 0 Å². The van der Waals surface area contributed by atoms with Crippen LogP contribution in [0.1, 0.15) is 31.4 Å². The molecule has 0 spiro atoms. The van der Waals surface area contributed by atoms with E-state index in [1.54, 1.807) is 31.2 Å². The molecule has 1 atom stereocenters. The number of nitrogens with one attached hydrogen (secondary N) is 1. The molecule has 7 nitrogen and oxygen atoms in total. The summed E-state index contributed by atoms with van der Waals surface area (Å²) < 4.78 is 5.16. The highest BCUT2D eigenvalue weighted by molar-refractivity contribution is 5.76. The first-order valence-corrected chi connectivity index (χ1v) is 8.80. The summed E-state index contributed by atoms with van der Waals surface area (Å²) in [5, 5.41) is 13.8. The fraction of sp³-hybridized carbons (Fsp3) is 0.350. The van der Waals surface area contributed by atoms with Gasteiger partial charge in [-0.15, -0.1) is 0 Å². The number of carbonyl (C=O) groups is 1. The van der Waals surface area contributed by atoms with E-state index in [1.807, 2.05) is 31.2 Å². The lowest BCUT2D eigenvalue weighted by Crippen LogP contribution is -2.29. The van der Waals surface area contributed by atoms with Crippen LogP contribution in [0.2, 0.25) is 0 Å². The number of nitro benzene ring substituents is 1. The lowest BCUT2D eigenvalue weighted by Gasteiger charge is -2.25. The van der Waals surface area contributed by atoms with E-state index in [4.69, 9.17) is 4.74 Å². The molecule has 0 radical (unpaired) electrons. The van der Waals surface area contributed by atoms with Gasteiger partial charge in [-0.2, -0.15) is 0 Å².